The Balaban J connectivity index is 1.26. The highest BCUT2D eigenvalue weighted by molar-refractivity contribution is 5.85. The Morgan fingerprint density at radius 3 is 2.30 bits per heavy atom. The number of nitrogens with one attached hydrogen (secondary N) is 1. The molecule has 6 nitrogen and oxygen atoms in total. The van der Waals surface area contributed by atoms with Crippen molar-refractivity contribution < 1.29 is 9.59 Å². The molecule has 1 aliphatic carbocycles. The van der Waals surface area contributed by atoms with Gasteiger partial charge in [0, 0.05) is 32.7 Å². The fourth-order valence-electron chi connectivity index (χ4n) is 5.63. The molecule has 6 heteroatoms. The van der Waals surface area contributed by atoms with Gasteiger partial charge in [0.2, 0.25) is 11.8 Å². The zero-order chi connectivity index (χ0) is 21.1. The summed E-state index contributed by atoms with van der Waals surface area (Å²) in [6, 6.07) is 10.1. The maximum Gasteiger partial charge on any atom is 0.239 e. The lowest BCUT2D eigenvalue weighted by Gasteiger charge is -2.43. The molecule has 30 heavy (non-hydrogen) atoms. The van der Waals surface area contributed by atoms with Gasteiger partial charge in [-0.25, -0.2) is 0 Å². The van der Waals surface area contributed by atoms with Gasteiger partial charge in [0.05, 0.1) is 12.5 Å². The van der Waals surface area contributed by atoms with Gasteiger partial charge in [0.1, 0.15) is 0 Å². The second kappa shape index (κ2) is 9.48. The zero-order valence-electron chi connectivity index (χ0n) is 18.5. The van der Waals surface area contributed by atoms with Crippen LogP contribution in [-0.4, -0.2) is 85.4 Å². The monoisotopic (exact) mass is 412 g/mol. The number of likely N-dealkylation sites (tertiary alicyclic amines) is 2. The Labute approximate surface area is 180 Å². The molecule has 0 aromatic heterocycles. The van der Waals surface area contributed by atoms with Gasteiger partial charge in [-0.2, -0.15) is 0 Å². The number of piperidine rings is 2. The van der Waals surface area contributed by atoms with Crippen molar-refractivity contribution in [1.82, 2.24) is 20.0 Å². The zero-order valence-corrected chi connectivity index (χ0v) is 18.5. The number of carbonyl (C=O) groups excluding carboxylic acids is 2. The summed E-state index contributed by atoms with van der Waals surface area (Å²) in [7, 11) is 3.36. The highest BCUT2D eigenvalue weighted by Gasteiger charge is 2.35. The number of benzene rings is 1. The summed E-state index contributed by atoms with van der Waals surface area (Å²) >= 11 is 0. The van der Waals surface area contributed by atoms with E-state index >= 15 is 0 Å². The lowest BCUT2D eigenvalue weighted by Crippen LogP contribution is -2.52. The summed E-state index contributed by atoms with van der Waals surface area (Å²) in [5.74, 6) is 0.0279. The first-order valence-electron chi connectivity index (χ1n) is 11.6. The molecule has 1 atom stereocenters. The molecule has 2 heterocycles. The molecule has 164 valence electrons. The molecule has 0 bridgehead atoms. The van der Waals surface area contributed by atoms with E-state index in [1.807, 2.05) is 0 Å². The second-order valence-electron chi connectivity index (χ2n) is 9.30. The van der Waals surface area contributed by atoms with E-state index in [1.54, 1.807) is 19.0 Å². The van der Waals surface area contributed by atoms with Gasteiger partial charge in [0.25, 0.3) is 0 Å². The van der Waals surface area contributed by atoms with E-state index in [0.29, 0.717) is 12.1 Å². The summed E-state index contributed by atoms with van der Waals surface area (Å²) in [5.41, 5.74) is 3.06. The van der Waals surface area contributed by atoms with Gasteiger partial charge in [0.15, 0.2) is 0 Å². The molecular formula is C24H36N4O2. The fourth-order valence-corrected chi connectivity index (χ4v) is 5.63. The first-order valence-corrected chi connectivity index (χ1v) is 11.6. The van der Waals surface area contributed by atoms with Crippen LogP contribution in [0.3, 0.4) is 0 Å². The number of rotatable bonds is 5. The highest BCUT2D eigenvalue weighted by atomic mass is 16.2. The number of carbonyl (C=O) groups is 2. The van der Waals surface area contributed by atoms with E-state index in [2.05, 4.69) is 39.4 Å². The van der Waals surface area contributed by atoms with Crippen LogP contribution in [0.4, 0.5) is 0 Å². The van der Waals surface area contributed by atoms with Crippen molar-refractivity contribution in [3.63, 3.8) is 0 Å². The fraction of sp³-hybridized carbons (Fsp3) is 0.667. The molecule has 0 saturated carbocycles. The van der Waals surface area contributed by atoms with Crippen LogP contribution in [0.2, 0.25) is 0 Å². The maximum atomic E-state index is 12.8. The lowest BCUT2D eigenvalue weighted by atomic mass is 9.92. The van der Waals surface area contributed by atoms with E-state index < -0.39 is 0 Å². The summed E-state index contributed by atoms with van der Waals surface area (Å²) in [4.78, 5) is 31.3. The predicted octanol–water partition coefficient (Wildman–Crippen LogP) is 1.53. The number of nitrogens with zero attached hydrogens (tertiary/aromatic N) is 3. The molecule has 1 unspecified atom stereocenters. The van der Waals surface area contributed by atoms with Crippen LogP contribution in [0.15, 0.2) is 24.3 Å². The number of fused-ring (bicyclic) bond motifs is 1. The van der Waals surface area contributed by atoms with Crippen LogP contribution in [-0.2, 0) is 22.4 Å². The van der Waals surface area contributed by atoms with Crippen LogP contribution in [0, 0.1) is 5.92 Å². The van der Waals surface area contributed by atoms with Gasteiger partial charge in [-0.15, -0.1) is 0 Å². The van der Waals surface area contributed by atoms with Crippen LogP contribution >= 0.6 is 0 Å². The minimum atomic E-state index is -0.111. The molecule has 2 amide bonds. The van der Waals surface area contributed by atoms with E-state index in [9.17, 15) is 9.59 Å². The average molecular weight is 413 g/mol. The molecule has 4 rings (SSSR count). The molecule has 1 N–H and O–H groups in total. The first kappa shape index (κ1) is 21.3. The normalized spacial score (nSPS) is 23.9. The van der Waals surface area contributed by atoms with Crippen molar-refractivity contribution in [3.8, 4) is 0 Å². The number of likely N-dealkylation sites (N-methyl/N-ethyl adjacent to an activating group) is 2. The van der Waals surface area contributed by atoms with Gasteiger partial charge < -0.3 is 10.2 Å². The second-order valence-corrected chi connectivity index (χ2v) is 9.30. The lowest BCUT2D eigenvalue weighted by molar-refractivity contribution is -0.139. The largest absolute Gasteiger partial charge is 0.358 e. The van der Waals surface area contributed by atoms with Crippen molar-refractivity contribution in [2.75, 3.05) is 46.8 Å². The van der Waals surface area contributed by atoms with Crippen LogP contribution in [0.25, 0.3) is 0 Å². The van der Waals surface area contributed by atoms with Crippen molar-refractivity contribution in [3.05, 3.63) is 35.4 Å². The van der Waals surface area contributed by atoms with Crippen LogP contribution in [0.1, 0.15) is 36.8 Å². The molecule has 1 aromatic rings. The molecule has 1 aromatic carbocycles. The summed E-state index contributed by atoms with van der Waals surface area (Å²) < 4.78 is 0. The summed E-state index contributed by atoms with van der Waals surface area (Å²) in [6.07, 6.45) is 6.79. The van der Waals surface area contributed by atoms with Crippen molar-refractivity contribution in [2.45, 2.75) is 50.6 Å². The minimum absolute atomic E-state index is 0.0239. The Morgan fingerprint density at radius 1 is 1.00 bits per heavy atom. The first-order chi connectivity index (χ1) is 14.5. The van der Waals surface area contributed by atoms with Crippen LogP contribution in [0.5, 0.6) is 0 Å². The minimum Gasteiger partial charge on any atom is -0.358 e. The van der Waals surface area contributed by atoms with Gasteiger partial charge in [-0.1, -0.05) is 24.3 Å². The van der Waals surface area contributed by atoms with Gasteiger partial charge in [-0.05, 0) is 69.3 Å². The SMILES string of the molecule is CNC(=O)CN(C)C(=O)C1CCCN(C2CCN(C3Cc4ccccc4C3)CC2)C1. The quantitative estimate of drug-likeness (QED) is 0.797. The van der Waals surface area contributed by atoms with Crippen molar-refractivity contribution >= 4 is 11.8 Å². The van der Waals surface area contributed by atoms with E-state index in [4.69, 9.17) is 0 Å². The third-order valence-electron chi connectivity index (χ3n) is 7.40. The maximum absolute atomic E-state index is 12.8. The highest BCUT2D eigenvalue weighted by Crippen LogP contribution is 2.30. The Morgan fingerprint density at radius 2 is 1.67 bits per heavy atom. The summed E-state index contributed by atoms with van der Waals surface area (Å²) in [5, 5.41) is 2.60. The van der Waals surface area contributed by atoms with Gasteiger partial charge >= 0.3 is 0 Å². The number of hydrogen-bond donors (Lipinski definition) is 1. The molecule has 3 aliphatic rings. The van der Waals surface area contributed by atoms with Crippen molar-refractivity contribution in [2.24, 2.45) is 5.92 Å². The number of hydrogen-bond acceptors (Lipinski definition) is 4. The Kier molecular flexibility index (Phi) is 6.74. The topological polar surface area (TPSA) is 55.9 Å². The van der Waals surface area contributed by atoms with Crippen molar-refractivity contribution in [1.29, 1.82) is 0 Å². The molecular weight excluding hydrogens is 376 g/mol. The molecule has 2 aliphatic heterocycles. The Hall–Kier alpha value is -1.92. The molecule has 0 spiro atoms. The smallest absolute Gasteiger partial charge is 0.239 e. The van der Waals surface area contributed by atoms with E-state index in [1.165, 1.54) is 36.8 Å². The third kappa shape index (κ3) is 4.70. The van der Waals surface area contributed by atoms with Gasteiger partial charge in [-0.3, -0.25) is 19.4 Å². The third-order valence-corrected chi connectivity index (χ3v) is 7.40. The molecule has 0 radical (unpaired) electrons. The van der Waals surface area contributed by atoms with E-state index in [0.717, 1.165) is 39.0 Å². The summed E-state index contributed by atoms with van der Waals surface area (Å²) in [6.45, 7) is 4.41. The predicted molar refractivity (Wildman–Crippen MR) is 118 cm³/mol. The van der Waals surface area contributed by atoms with E-state index in [-0.39, 0.29) is 24.3 Å². The molecule has 2 fully saturated rings. The average Bonchev–Trinajstić information content (AvgIpc) is 3.23. The Bertz CT molecular complexity index is 734. The molecule has 2 saturated heterocycles. The standard InChI is InChI=1S/C24H36N4O2/c1-25-23(29)17-26(2)24(30)20-8-5-11-28(16-20)21-9-12-27(13-10-21)22-14-18-6-3-4-7-19(18)15-22/h3-4,6-7,20-22H,5,8-17H2,1-2H3,(H,25,29). The number of amides is 2. The van der Waals surface area contributed by atoms with Crippen LogP contribution < -0.4 is 5.32 Å².